The highest BCUT2D eigenvalue weighted by Crippen LogP contribution is 2.26. The van der Waals surface area contributed by atoms with E-state index >= 15 is 0 Å². The van der Waals surface area contributed by atoms with Gasteiger partial charge in [0.2, 0.25) is 0 Å². The number of amides is 1. The van der Waals surface area contributed by atoms with Gasteiger partial charge in [-0.1, -0.05) is 24.3 Å². The highest BCUT2D eigenvalue weighted by atomic mass is 32.1. The van der Waals surface area contributed by atoms with Crippen LogP contribution < -0.4 is 19.6 Å². The number of nitrogens with zero attached hydrogens (tertiary/aromatic N) is 4. The molecule has 1 aromatic carbocycles. The molecule has 2 aromatic heterocycles. The van der Waals surface area contributed by atoms with Gasteiger partial charge in [0.1, 0.15) is 26.7 Å². The average molecular weight is 482 g/mol. The van der Waals surface area contributed by atoms with Crippen molar-refractivity contribution in [3.8, 4) is 0 Å². The standard InChI is InChI=1S/C24H31N5O2SSi/c1-17-26-15-20-23(27-17)28(3)11-12-29(24(20)30)19-7-4-6-18(14-19)16-31-21(9-10-25-2)33-22-8-5-13-32-22/h4-8,13-15,21,25H,9-12,16,33H2,1-3H3/t21-/m1/s1. The monoisotopic (exact) mass is 481 g/mol. The lowest BCUT2D eigenvalue weighted by Gasteiger charge is -2.22. The Morgan fingerprint density at radius 2 is 2.15 bits per heavy atom. The van der Waals surface area contributed by atoms with Gasteiger partial charge in [-0.15, -0.1) is 0 Å². The van der Waals surface area contributed by atoms with Crippen molar-refractivity contribution in [2.75, 3.05) is 43.5 Å². The van der Waals surface area contributed by atoms with Crippen molar-refractivity contribution in [2.24, 2.45) is 0 Å². The predicted octanol–water partition coefficient (Wildman–Crippen LogP) is 1.89. The smallest absolute Gasteiger partial charge is 0.263 e. The summed E-state index contributed by atoms with van der Waals surface area (Å²) in [6, 6.07) is 12.5. The van der Waals surface area contributed by atoms with Crippen LogP contribution in [0.2, 0.25) is 0 Å². The van der Waals surface area contributed by atoms with Crippen molar-refractivity contribution >= 4 is 42.8 Å². The molecule has 1 atom stereocenters. The number of fused-ring (bicyclic) bond motifs is 1. The summed E-state index contributed by atoms with van der Waals surface area (Å²) in [5, 5.41) is 5.38. The van der Waals surface area contributed by atoms with Crippen LogP contribution in [0.1, 0.15) is 28.2 Å². The molecule has 4 rings (SSSR count). The summed E-state index contributed by atoms with van der Waals surface area (Å²) < 4.78 is 7.85. The van der Waals surface area contributed by atoms with Crippen molar-refractivity contribution < 1.29 is 9.53 Å². The first-order valence-electron chi connectivity index (χ1n) is 11.3. The lowest BCUT2D eigenvalue weighted by atomic mass is 10.1. The number of anilines is 2. The third kappa shape index (κ3) is 5.86. The first kappa shape index (κ1) is 23.6. The van der Waals surface area contributed by atoms with Crippen LogP contribution >= 0.6 is 11.3 Å². The van der Waals surface area contributed by atoms with Gasteiger partial charge in [0.25, 0.3) is 5.91 Å². The van der Waals surface area contributed by atoms with Gasteiger partial charge in [-0.05, 0) is 54.5 Å². The van der Waals surface area contributed by atoms with E-state index in [4.69, 9.17) is 4.74 Å². The summed E-state index contributed by atoms with van der Waals surface area (Å²) in [7, 11) is 3.44. The van der Waals surface area contributed by atoms with Gasteiger partial charge < -0.3 is 19.9 Å². The van der Waals surface area contributed by atoms with Gasteiger partial charge in [0.05, 0.1) is 6.61 Å². The lowest BCUT2D eigenvalue weighted by molar-refractivity contribution is 0.0870. The molecule has 0 saturated carbocycles. The van der Waals surface area contributed by atoms with Crippen LogP contribution in [-0.4, -0.2) is 64.9 Å². The van der Waals surface area contributed by atoms with Crippen molar-refractivity contribution in [1.29, 1.82) is 0 Å². The highest BCUT2D eigenvalue weighted by Gasteiger charge is 2.27. The Bertz CT molecular complexity index is 1080. The largest absolute Gasteiger partial charge is 0.377 e. The van der Waals surface area contributed by atoms with Crippen molar-refractivity contribution in [3.63, 3.8) is 0 Å². The SMILES string of the molecule is CNCC[C@H](OCc1cccc(N2CCN(C)c3nc(C)ncc3C2=O)c1)[SiH2]c1cccs1. The number of aryl methyl sites for hydroxylation is 1. The molecule has 0 spiro atoms. The number of hydrogen-bond acceptors (Lipinski definition) is 7. The quantitative estimate of drug-likeness (QED) is 0.471. The molecule has 1 aliphatic rings. The first-order valence-corrected chi connectivity index (χ1v) is 13.7. The molecule has 1 aliphatic heterocycles. The van der Waals surface area contributed by atoms with Crippen LogP contribution in [0.5, 0.6) is 0 Å². The number of likely N-dealkylation sites (N-methyl/N-ethyl adjacent to an activating group) is 1. The molecule has 1 amide bonds. The second-order valence-electron chi connectivity index (χ2n) is 8.31. The molecule has 33 heavy (non-hydrogen) atoms. The second-order valence-corrected chi connectivity index (χ2v) is 11.9. The zero-order chi connectivity index (χ0) is 23.2. The second kappa shape index (κ2) is 11.0. The number of carbonyl (C=O) groups is 1. The van der Waals surface area contributed by atoms with E-state index in [0.29, 0.717) is 36.9 Å². The lowest BCUT2D eigenvalue weighted by Crippen LogP contribution is -2.34. The minimum atomic E-state index is -0.503. The van der Waals surface area contributed by atoms with Crippen LogP contribution in [0.15, 0.2) is 48.0 Å². The summed E-state index contributed by atoms with van der Waals surface area (Å²) >= 11 is 1.83. The maximum Gasteiger partial charge on any atom is 0.263 e. The number of carbonyl (C=O) groups excluding carboxylic acids is 1. The zero-order valence-electron chi connectivity index (χ0n) is 19.5. The van der Waals surface area contributed by atoms with Crippen LogP contribution in [0.3, 0.4) is 0 Å². The van der Waals surface area contributed by atoms with E-state index in [9.17, 15) is 4.79 Å². The van der Waals surface area contributed by atoms with E-state index in [1.165, 1.54) is 4.50 Å². The Labute approximate surface area is 201 Å². The van der Waals surface area contributed by atoms with Crippen LogP contribution in [0.4, 0.5) is 11.5 Å². The molecule has 0 bridgehead atoms. The Balaban J connectivity index is 1.48. The Morgan fingerprint density at radius 1 is 1.27 bits per heavy atom. The Morgan fingerprint density at radius 3 is 2.94 bits per heavy atom. The minimum absolute atomic E-state index is 0.0654. The van der Waals surface area contributed by atoms with Crippen LogP contribution in [-0.2, 0) is 11.3 Å². The molecule has 0 saturated heterocycles. The number of aromatic nitrogens is 2. The fourth-order valence-electron chi connectivity index (χ4n) is 3.98. The van der Waals surface area contributed by atoms with Gasteiger partial charge in [-0.3, -0.25) is 4.79 Å². The van der Waals surface area contributed by atoms with Crippen LogP contribution in [0, 0.1) is 6.92 Å². The number of nitrogens with one attached hydrogen (secondary N) is 1. The fourth-order valence-corrected chi connectivity index (χ4v) is 7.07. The number of thiophene rings is 1. The summed E-state index contributed by atoms with van der Waals surface area (Å²) in [6.07, 6.45) is 2.65. The van der Waals surface area contributed by atoms with Gasteiger partial charge in [-0.2, -0.15) is 11.3 Å². The maximum absolute atomic E-state index is 13.4. The van der Waals surface area contributed by atoms with E-state index in [0.717, 1.165) is 24.2 Å². The maximum atomic E-state index is 13.4. The molecular weight excluding hydrogens is 450 g/mol. The van der Waals surface area contributed by atoms with E-state index in [1.54, 1.807) is 6.20 Å². The Kier molecular flexibility index (Phi) is 7.87. The molecule has 3 heterocycles. The molecule has 9 heteroatoms. The van der Waals surface area contributed by atoms with Crippen LogP contribution in [0.25, 0.3) is 0 Å². The zero-order valence-corrected chi connectivity index (χ0v) is 21.7. The number of ether oxygens (including phenoxy) is 1. The predicted molar refractivity (Wildman–Crippen MR) is 138 cm³/mol. The number of rotatable bonds is 9. The van der Waals surface area contributed by atoms with E-state index in [2.05, 4.69) is 44.9 Å². The van der Waals surface area contributed by atoms with E-state index in [-0.39, 0.29) is 11.6 Å². The topological polar surface area (TPSA) is 70.6 Å². The molecule has 0 fully saturated rings. The molecule has 0 unspecified atom stereocenters. The summed E-state index contributed by atoms with van der Waals surface area (Å²) in [4.78, 5) is 26.0. The number of hydrogen-bond donors (Lipinski definition) is 1. The molecule has 7 nitrogen and oxygen atoms in total. The van der Waals surface area contributed by atoms with E-state index in [1.807, 2.05) is 54.3 Å². The van der Waals surface area contributed by atoms with Gasteiger partial charge >= 0.3 is 0 Å². The third-order valence-corrected chi connectivity index (χ3v) is 9.29. The molecule has 1 N–H and O–H groups in total. The highest BCUT2D eigenvalue weighted by molar-refractivity contribution is 7.19. The van der Waals surface area contributed by atoms with E-state index < -0.39 is 9.52 Å². The first-order chi connectivity index (χ1) is 16.0. The van der Waals surface area contributed by atoms with Crippen molar-refractivity contribution in [3.05, 3.63) is 64.9 Å². The van der Waals surface area contributed by atoms with Gasteiger partial charge in [-0.25, -0.2) is 9.97 Å². The normalized spacial score (nSPS) is 15.2. The Hall–Kier alpha value is -2.59. The van der Waals surface area contributed by atoms with Gasteiger partial charge in [0.15, 0.2) is 0 Å². The molecular formula is C24H31N5O2SSi. The fraction of sp³-hybridized carbons (Fsp3) is 0.375. The van der Waals surface area contributed by atoms with Crippen molar-refractivity contribution in [2.45, 2.75) is 25.7 Å². The third-order valence-electron chi connectivity index (χ3n) is 5.82. The molecule has 3 aromatic rings. The minimum Gasteiger partial charge on any atom is -0.377 e. The number of benzene rings is 1. The molecule has 0 aliphatic carbocycles. The summed E-state index contributed by atoms with van der Waals surface area (Å²) in [5.74, 6) is 1.30. The van der Waals surface area contributed by atoms with Crippen molar-refractivity contribution in [1.82, 2.24) is 15.3 Å². The molecule has 174 valence electrons. The summed E-state index contributed by atoms with van der Waals surface area (Å²) in [5.41, 5.74) is 2.77. The molecule has 0 radical (unpaired) electrons. The average Bonchev–Trinajstić information content (AvgIpc) is 3.30. The summed E-state index contributed by atoms with van der Waals surface area (Å²) in [6.45, 7) is 4.62. The van der Waals surface area contributed by atoms with Gasteiger partial charge in [0, 0.05) is 37.7 Å².